The topological polar surface area (TPSA) is 13.1 Å². The molecule has 2 heteroatoms. The first-order valence-electron chi connectivity index (χ1n) is 7.30. The Kier molecular flexibility index (Phi) is 3.19. The number of fused-ring (bicyclic) bond motifs is 1. The fourth-order valence-electron chi connectivity index (χ4n) is 3.12. The Bertz CT molecular complexity index is 601. The van der Waals surface area contributed by atoms with Crippen LogP contribution in [-0.4, -0.2) is 0 Å². The summed E-state index contributed by atoms with van der Waals surface area (Å²) in [6, 6.07) is 6.69. The highest BCUT2D eigenvalue weighted by molar-refractivity contribution is 5.67. The van der Waals surface area contributed by atoms with Gasteiger partial charge in [-0.3, -0.25) is 0 Å². The van der Waals surface area contributed by atoms with E-state index in [9.17, 15) is 4.39 Å². The van der Waals surface area contributed by atoms with E-state index < -0.39 is 0 Å². The molecule has 106 valence electrons. The van der Waals surface area contributed by atoms with Crippen LogP contribution in [0, 0.1) is 17.2 Å². The largest absolute Gasteiger partial charge is 0.468 e. The Morgan fingerprint density at radius 1 is 1.15 bits per heavy atom. The maximum atomic E-state index is 13.1. The van der Waals surface area contributed by atoms with E-state index in [1.54, 1.807) is 0 Å². The van der Waals surface area contributed by atoms with Gasteiger partial charge in [0.05, 0.1) is 6.26 Å². The van der Waals surface area contributed by atoms with Gasteiger partial charge in [-0.15, -0.1) is 0 Å². The minimum absolute atomic E-state index is 0.196. The Labute approximate surface area is 119 Å². The van der Waals surface area contributed by atoms with Crippen molar-refractivity contribution in [3.05, 3.63) is 47.7 Å². The van der Waals surface area contributed by atoms with Crippen LogP contribution in [0.4, 0.5) is 4.39 Å². The third-order valence-corrected chi connectivity index (χ3v) is 4.53. The number of aryl methyl sites for hydroxylation is 1. The van der Waals surface area contributed by atoms with Crippen molar-refractivity contribution in [3.63, 3.8) is 0 Å². The molecule has 1 aromatic heterocycles. The third kappa shape index (κ3) is 2.39. The monoisotopic (exact) mass is 272 g/mol. The summed E-state index contributed by atoms with van der Waals surface area (Å²) in [4.78, 5) is 0. The van der Waals surface area contributed by atoms with Crippen molar-refractivity contribution in [2.75, 3.05) is 0 Å². The maximum absolute atomic E-state index is 13.1. The molecule has 1 heterocycles. The average Bonchev–Trinajstić information content (AvgIpc) is 2.81. The summed E-state index contributed by atoms with van der Waals surface area (Å²) in [5.74, 6) is 1.59. The van der Waals surface area contributed by atoms with Crippen LogP contribution < -0.4 is 0 Å². The zero-order valence-corrected chi connectivity index (χ0v) is 12.4. The second-order valence-corrected chi connectivity index (χ2v) is 6.86. The van der Waals surface area contributed by atoms with Crippen molar-refractivity contribution in [2.24, 2.45) is 11.3 Å². The second-order valence-electron chi connectivity index (χ2n) is 6.86. The molecule has 0 saturated heterocycles. The van der Waals surface area contributed by atoms with Crippen LogP contribution in [0.5, 0.6) is 0 Å². The molecule has 1 aromatic carbocycles. The van der Waals surface area contributed by atoms with Crippen molar-refractivity contribution in [1.82, 2.24) is 0 Å². The summed E-state index contributed by atoms with van der Waals surface area (Å²) < 4.78 is 18.8. The highest BCUT2D eigenvalue weighted by Crippen LogP contribution is 2.41. The van der Waals surface area contributed by atoms with Crippen molar-refractivity contribution >= 4 is 0 Å². The number of hydrogen-bond donors (Lipinski definition) is 0. The molecule has 0 aliphatic heterocycles. The number of halogens is 1. The summed E-state index contributed by atoms with van der Waals surface area (Å²) in [5, 5.41) is 0. The number of furan rings is 1. The van der Waals surface area contributed by atoms with E-state index >= 15 is 0 Å². The predicted octanol–water partition coefficient (Wildman–Crippen LogP) is 5.24. The van der Waals surface area contributed by atoms with E-state index in [0.29, 0.717) is 11.3 Å². The SMILES string of the molecule is CC(C)(C)[C@H]1CCc2occ(-c3ccc(F)cc3)c2C1. The maximum Gasteiger partial charge on any atom is 0.123 e. The molecule has 0 fully saturated rings. The lowest BCUT2D eigenvalue weighted by Gasteiger charge is -2.33. The zero-order chi connectivity index (χ0) is 14.3. The molecule has 0 radical (unpaired) electrons. The van der Waals surface area contributed by atoms with Crippen LogP contribution in [0.3, 0.4) is 0 Å². The van der Waals surface area contributed by atoms with Crippen molar-refractivity contribution in [3.8, 4) is 11.1 Å². The fourth-order valence-corrected chi connectivity index (χ4v) is 3.12. The van der Waals surface area contributed by atoms with E-state index in [1.165, 1.54) is 24.1 Å². The van der Waals surface area contributed by atoms with Crippen LogP contribution in [0.25, 0.3) is 11.1 Å². The van der Waals surface area contributed by atoms with Gasteiger partial charge in [-0.05, 0) is 41.9 Å². The fraction of sp³-hybridized carbons (Fsp3) is 0.444. The van der Waals surface area contributed by atoms with Gasteiger partial charge in [-0.1, -0.05) is 32.9 Å². The molecule has 3 rings (SSSR count). The summed E-state index contributed by atoms with van der Waals surface area (Å²) in [6.07, 6.45) is 5.09. The van der Waals surface area contributed by atoms with Gasteiger partial charge in [0.15, 0.2) is 0 Å². The van der Waals surface area contributed by atoms with Crippen molar-refractivity contribution in [2.45, 2.75) is 40.0 Å². The van der Waals surface area contributed by atoms with E-state index in [-0.39, 0.29) is 5.82 Å². The summed E-state index contributed by atoms with van der Waals surface area (Å²) >= 11 is 0. The quantitative estimate of drug-likeness (QED) is 0.692. The van der Waals surface area contributed by atoms with Gasteiger partial charge in [0.2, 0.25) is 0 Å². The van der Waals surface area contributed by atoms with Gasteiger partial charge in [-0.25, -0.2) is 4.39 Å². The standard InChI is InChI=1S/C18H21FO/c1-18(2,3)13-6-9-17-15(10-13)16(11-20-17)12-4-7-14(19)8-5-12/h4-5,7-8,11,13H,6,9-10H2,1-3H3/t13-/m0/s1. The van der Waals surface area contributed by atoms with E-state index in [2.05, 4.69) is 20.8 Å². The average molecular weight is 272 g/mol. The van der Waals surface area contributed by atoms with Gasteiger partial charge in [-0.2, -0.15) is 0 Å². The van der Waals surface area contributed by atoms with E-state index in [0.717, 1.165) is 29.7 Å². The molecule has 1 atom stereocenters. The van der Waals surface area contributed by atoms with Crippen LogP contribution in [0.2, 0.25) is 0 Å². The van der Waals surface area contributed by atoms with Crippen LogP contribution in [-0.2, 0) is 12.8 Å². The number of benzene rings is 1. The molecule has 1 nitrogen and oxygen atoms in total. The first-order valence-corrected chi connectivity index (χ1v) is 7.30. The summed E-state index contributed by atoms with van der Waals surface area (Å²) in [5.41, 5.74) is 3.82. The van der Waals surface area contributed by atoms with Gasteiger partial charge >= 0.3 is 0 Å². The van der Waals surface area contributed by atoms with Gasteiger partial charge in [0.25, 0.3) is 0 Å². The molecule has 0 unspecified atom stereocenters. The third-order valence-electron chi connectivity index (χ3n) is 4.53. The first-order chi connectivity index (χ1) is 9.45. The molecular formula is C18H21FO. The normalized spacial score (nSPS) is 18.9. The number of rotatable bonds is 1. The second kappa shape index (κ2) is 4.76. The Morgan fingerprint density at radius 2 is 1.85 bits per heavy atom. The molecule has 1 aliphatic carbocycles. The van der Waals surface area contributed by atoms with Crippen LogP contribution >= 0.6 is 0 Å². The molecule has 20 heavy (non-hydrogen) atoms. The van der Waals surface area contributed by atoms with Crippen molar-refractivity contribution < 1.29 is 8.81 Å². The zero-order valence-electron chi connectivity index (χ0n) is 12.4. The Balaban J connectivity index is 1.97. The van der Waals surface area contributed by atoms with Gasteiger partial charge < -0.3 is 4.42 Å². The Morgan fingerprint density at radius 3 is 2.50 bits per heavy atom. The van der Waals surface area contributed by atoms with E-state index in [4.69, 9.17) is 4.42 Å². The van der Waals surface area contributed by atoms with Crippen LogP contribution in [0.1, 0.15) is 38.5 Å². The lowest BCUT2D eigenvalue weighted by atomic mass is 9.71. The lowest BCUT2D eigenvalue weighted by Crippen LogP contribution is -2.26. The molecule has 0 amide bonds. The molecule has 0 N–H and O–H groups in total. The predicted molar refractivity (Wildman–Crippen MR) is 79.1 cm³/mol. The highest BCUT2D eigenvalue weighted by atomic mass is 19.1. The summed E-state index contributed by atoms with van der Waals surface area (Å²) in [7, 11) is 0. The lowest BCUT2D eigenvalue weighted by molar-refractivity contribution is 0.209. The first kappa shape index (κ1) is 13.4. The molecule has 1 aliphatic rings. The smallest absolute Gasteiger partial charge is 0.123 e. The molecule has 0 saturated carbocycles. The minimum Gasteiger partial charge on any atom is -0.468 e. The molecule has 0 spiro atoms. The molecule has 0 bridgehead atoms. The highest BCUT2D eigenvalue weighted by Gasteiger charge is 2.31. The number of hydrogen-bond acceptors (Lipinski definition) is 1. The molecule has 2 aromatic rings. The van der Waals surface area contributed by atoms with E-state index in [1.807, 2.05) is 18.4 Å². The Hall–Kier alpha value is -1.57. The summed E-state index contributed by atoms with van der Waals surface area (Å²) in [6.45, 7) is 6.92. The van der Waals surface area contributed by atoms with Crippen molar-refractivity contribution in [1.29, 1.82) is 0 Å². The van der Waals surface area contributed by atoms with Gasteiger partial charge in [0, 0.05) is 17.5 Å². The van der Waals surface area contributed by atoms with Gasteiger partial charge in [0.1, 0.15) is 11.6 Å². The minimum atomic E-state index is -0.196. The van der Waals surface area contributed by atoms with Crippen LogP contribution in [0.15, 0.2) is 34.9 Å². The molecular weight excluding hydrogens is 251 g/mol.